The van der Waals surface area contributed by atoms with Crippen molar-refractivity contribution in [1.29, 1.82) is 0 Å². The van der Waals surface area contributed by atoms with Crippen LogP contribution in [0.3, 0.4) is 0 Å². The van der Waals surface area contributed by atoms with Crippen LogP contribution in [0.4, 0.5) is 0 Å². The lowest BCUT2D eigenvalue weighted by Crippen LogP contribution is -2.37. The molecule has 3 aromatic rings. The summed E-state index contributed by atoms with van der Waals surface area (Å²) < 4.78 is 0. The molecule has 148 valence electrons. The highest BCUT2D eigenvalue weighted by Crippen LogP contribution is 2.30. The number of nitrogens with zero attached hydrogens (tertiary/aromatic N) is 1. The second-order valence-corrected chi connectivity index (χ2v) is 8.60. The Hall–Kier alpha value is -2.01. The predicted molar refractivity (Wildman–Crippen MR) is 118 cm³/mol. The molecule has 0 aliphatic carbocycles. The molecule has 1 unspecified atom stereocenters. The molecular weight excluding hydrogens is 364 g/mol. The topological polar surface area (TPSA) is 59.1 Å². The molecule has 0 aliphatic heterocycles. The first-order valence-corrected chi connectivity index (χ1v) is 10.9. The van der Waals surface area contributed by atoms with Gasteiger partial charge in [0.25, 0.3) is 0 Å². The van der Waals surface area contributed by atoms with Crippen LogP contribution in [0.1, 0.15) is 46.7 Å². The van der Waals surface area contributed by atoms with E-state index in [2.05, 4.69) is 43.3 Å². The molecule has 0 aliphatic rings. The molecule has 2 aromatic carbocycles. The van der Waals surface area contributed by atoms with Gasteiger partial charge in [0.2, 0.25) is 0 Å². The van der Waals surface area contributed by atoms with Crippen LogP contribution in [-0.4, -0.2) is 22.2 Å². The molecule has 0 saturated heterocycles. The summed E-state index contributed by atoms with van der Waals surface area (Å²) in [7, 11) is 0. The number of aliphatic hydroxyl groups is 1. The maximum Gasteiger partial charge on any atom is 0.0962 e. The minimum atomic E-state index is -0.563. The van der Waals surface area contributed by atoms with E-state index >= 15 is 0 Å². The van der Waals surface area contributed by atoms with Gasteiger partial charge in [0, 0.05) is 23.0 Å². The summed E-state index contributed by atoms with van der Waals surface area (Å²) in [4.78, 5) is 6.01. The van der Waals surface area contributed by atoms with Gasteiger partial charge in [-0.1, -0.05) is 74.0 Å². The van der Waals surface area contributed by atoms with E-state index in [1.807, 2.05) is 30.5 Å². The standard InChI is InChI=1S/C24H30N2OS/c1-2-9-21-17-26-24(28-21)20(14-18-10-5-3-6-11-18)16-23(27)22(25)15-19-12-7-4-8-13-19/h3-8,10-13,17,20,22-23,27H,2,9,14-16,25H2,1H3/t20?,22-,23-/m0/s1. The van der Waals surface area contributed by atoms with Crippen molar-refractivity contribution in [3.8, 4) is 0 Å². The molecule has 3 rings (SSSR count). The normalized spacial score (nSPS) is 14.5. The van der Waals surface area contributed by atoms with Crippen molar-refractivity contribution in [1.82, 2.24) is 4.98 Å². The molecule has 28 heavy (non-hydrogen) atoms. The first-order valence-electron chi connectivity index (χ1n) is 10.1. The fourth-order valence-electron chi connectivity index (χ4n) is 3.53. The smallest absolute Gasteiger partial charge is 0.0962 e. The fraction of sp³-hybridized carbons (Fsp3) is 0.375. The van der Waals surface area contributed by atoms with Crippen molar-refractivity contribution in [3.63, 3.8) is 0 Å². The molecule has 3 nitrogen and oxygen atoms in total. The van der Waals surface area contributed by atoms with Gasteiger partial charge in [0.15, 0.2) is 0 Å². The predicted octanol–water partition coefficient (Wildman–Crippen LogP) is 4.74. The molecule has 1 aromatic heterocycles. The number of aliphatic hydroxyl groups excluding tert-OH is 1. The van der Waals surface area contributed by atoms with E-state index in [9.17, 15) is 5.11 Å². The van der Waals surface area contributed by atoms with Gasteiger partial charge in [0.1, 0.15) is 0 Å². The van der Waals surface area contributed by atoms with Crippen molar-refractivity contribution in [3.05, 3.63) is 87.9 Å². The van der Waals surface area contributed by atoms with Gasteiger partial charge in [-0.2, -0.15) is 0 Å². The largest absolute Gasteiger partial charge is 0.391 e. The third kappa shape index (κ3) is 5.99. The summed E-state index contributed by atoms with van der Waals surface area (Å²) in [5.74, 6) is 0.176. The van der Waals surface area contributed by atoms with Gasteiger partial charge in [-0.3, -0.25) is 0 Å². The van der Waals surface area contributed by atoms with Gasteiger partial charge in [0.05, 0.1) is 11.1 Å². The SMILES string of the molecule is CCCc1cnc(C(Cc2ccccc2)C[C@H](O)[C@@H](N)Cc2ccccc2)s1. The average Bonchev–Trinajstić information content (AvgIpc) is 3.18. The van der Waals surface area contributed by atoms with E-state index < -0.39 is 6.10 Å². The lowest BCUT2D eigenvalue weighted by atomic mass is 9.90. The fourth-order valence-corrected chi connectivity index (χ4v) is 4.66. The maximum absolute atomic E-state index is 10.9. The summed E-state index contributed by atoms with van der Waals surface area (Å²) in [5, 5.41) is 12.0. The molecular formula is C24H30N2OS. The zero-order valence-corrected chi connectivity index (χ0v) is 17.3. The van der Waals surface area contributed by atoms with E-state index in [0.29, 0.717) is 12.8 Å². The number of thiazole rings is 1. The monoisotopic (exact) mass is 394 g/mol. The molecule has 3 atom stereocenters. The highest BCUT2D eigenvalue weighted by Gasteiger charge is 2.24. The van der Waals surface area contributed by atoms with Crippen LogP contribution in [0.2, 0.25) is 0 Å². The number of aryl methyl sites for hydroxylation is 1. The Morgan fingerprint density at radius 2 is 1.57 bits per heavy atom. The summed E-state index contributed by atoms with van der Waals surface area (Å²) in [6.07, 6.45) is 5.79. The van der Waals surface area contributed by atoms with Gasteiger partial charge >= 0.3 is 0 Å². The van der Waals surface area contributed by atoms with Gasteiger partial charge in [-0.05, 0) is 36.8 Å². The van der Waals surface area contributed by atoms with Gasteiger partial charge < -0.3 is 10.8 Å². The second kappa shape index (κ2) is 10.5. The molecule has 0 spiro atoms. The molecule has 4 heteroatoms. The van der Waals surface area contributed by atoms with Crippen molar-refractivity contribution in [2.75, 3.05) is 0 Å². The van der Waals surface area contributed by atoms with Crippen molar-refractivity contribution in [2.24, 2.45) is 5.73 Å². The Kier molecular flexibility index (Phi) is 7.78. The third-order valence-corrected chi connectivity index (χ3v) is 6.30. The van der Waals surface area contributed by atoms with E-state index in [0.717, 1.165) is 29.8 Å². The number of nitrogens with two attached hydrogens (primary N) is 1. The number of benzene rings is 2. The van der Waals surface area contributed by atoms with Gasteiger partial charge in [-0.25, -0.2) is 4.98 Å². The Labute approximate surface area is 172 Å². The van der Waals surface area contributed by atoms with E-state index in [1.54, 1.807) is 11.3 Å². The number of aromatic nitrogens is 1. The molecule has 0 saturated carbocycles. The van der Waals surface area contributed by atoms with Crippen LogP contribution >= 0.6 is 11.3 Å². The molecule has 0 bridgehead atoms. The molecule has 0 amide bonds. The maximum atomic E-state index is 10.9. The van der Waals surface area contributed by atoms with E-state index in [1.165, 1.54) is 10.4 Å². The Balaban J connectivity index is 1.71. The van der Waals surface area contributed by atoms with Crippen LogP contribution in [-0.2, 0) is 19.3 Å². The minimum absolute atomic E-state index is 0.176. The lowest BCUT2D eigenvalue weighted by molar-refractivity contribution is 0.126. The first-order chi connectivity index (χ1) is 13.7. The summed E-state index contributed by atoms with van der Waals surface area (Å²) >= 11 is 1.78. The van der Waals surface area contributed by atoms with Crippen LogP contribution in [0.15, 0.2) is 66.9 Å². The molecule has 1 heterocycles. The van der Waals surface area contributed by atoms with Crippen molar-refractivity contribution < 1.29 is 5.11 Å². The summed E-state index contributed by atoms with van der Waals surface area (Å²) in [6, 6.07) is 20.3. The third-order valence-electron chi connectivity index (χ3n) is 5.08. The summed E-state index contributed by atoms with van der Waals surface area (Å²) in [6.45, 7) is 2.19. The number of hydrogen-bond acceptors (Lipinski definition) is 4. The zero-order chi connectivity index (χ0) is 19.8. The second-order valence-electron chi connectivity index (χ2n) is 7.46. The quantitative estimate of drug-likeness (QED) is 0.522. The Morgan fingerprint density at radius 3 is 2.18 bits per heavy atom. The number of rotatable bonds is 10. The number of hydrogen-bond donors (Lipinski definition) is 2. The highest BCUT2D eigenvalue weighted by atomic mass is 32.1. The van der Waals surface area contributed by atoms with Crippen molar-refractivity contribution >= 4 is 11.3 Å². The molecule has 0 radical (unpaired) electrons. The van der Waals surface area contributed by atoms with Crippen LogP contribution in [0.25, 0.3) is 0 Å². The van der Waals surface area contributed by atoms with Gasteiger partial charge in [-0.15, -0.1) is 11.3 Å². The van der Waals surface area contributed by atoms with E-state index in [-0.39, 0.29) is 12.0 Å². The first kappa shape index (κ1) is 20.7. The van der Waals surface area contributed by atoms with Crippen molar-refractivity contribution in [2.45, 2.75) is 57.1 Å². The average molecular weight is 395 g/mol. The molecule has 0 fully saturated rings. The zero-order valence-electron chi connectivity index (χ0n) is 16.5. The van der Waals surface area contributed by atoms with Crippen LogP contribution in [0.5, 0.6) is 0 Å². The highest BCUT2D eigenvalue weighted by molar-refractivity contribution is 7.11. The summed E-state index contributed by atoms with van der Waals surface area (Å²) in [5.41, 5.74) is 8.78. The Morgan fingerprint density at radius 1 is 0.964 bits per heavy atom. The lowest BCUT2D eigenvalue weighted by Gasteiger charge is -2.23. The van der Waals surface area contributed by atoms with Crippen LogP contribution in [0, 0.1) is 0 Å². The minimum Gasteiger partial charge on any atom is -0.391 e. The van der Waals surface area contributed by atoms with E-state index in [4.69, 9.17) is 10.7 Å². The Bertz CT molecular complexity index is 819. The molecule has 3 N–H and O–H groups in total. The van der Waals surface area contributed by atoms with Crippen LogP contribution < -0.4 is 5.73 Å².